The van der Waals surface area contributed by atoms with E-state index >= 15 is 0 Å². The number of halogens is 2. The Hall–Kier alpha value is -2.52. The third kappa shape index (κ3) is 5.93. The lowest BCUT2D eigenvalue weighted by Crippen LogP contribution is -2.20. The van der Waals surface area contributed by atoms with Gasteiger partial charge in [-0.25, -0.2) is 5.43 Å². The van der Waals surface area contributed by atoms with Crippen molar-refractivity contribution in [3.8, 4) is 22.8 Å². The van der Waals surface area contributed by atoms with Crippen LogP contribution in [-0.2, 0) is 4.79 Å². The molecule has 0 unspecified atom stereocenters. The maximum absolute atomic E-state index is 12.4. The zero-order valence-electron chi connectivity index (χ0n) is 17.8. The predicted molar refractivity (Wildman–Crippen MR) is 149 cm³/mol. The number of hydrazone groups is 1. The molecule has 34 heavy (non-hydrogen) atoms. The molecule has 11 heteroatoms. The van der Waals surface area contributed by atoms with E-state index in [0.717, 1.165) is 20.4 Å². The van der Waals surface area contributed by atoms with Crippen molar-refractivity contribution in [3.63, 3.8) is 0 Å². The molecule has 0 saturated carbocycles. The normalized spacial score (nSPS) is 11.1. The summed E-state index contributed by atoms with van der Waals surface area (Å²) in [7, 11) is 0. The van der Waals surface area contributed by atoms with Gasteiger partial charge in [-0.1, -0.05) is 29.5 Å². The monoisotopic (exact) mass is 696 g/mol. The second-order valence-electron chi connectivity index (χ2n) is 7.12. The van der Waals surface area contributed by atoms with E-state index in [2.05, 4.69) is 70.9 Å². The first-order valence-electron chi connectivity index (χ1n) is 9.98. The molecule has 2 aromatic heterocycles. The molecule has 2 aromatic carbocycles. The molecule has 0 aliphatic carbocycles. The van der Waals surface area contributed by atoms with E-state index in [4.69, 9.17) is 0 Å². The van der Waals surface area contributed by atoms with Gasteiger partial charge in [0.05, 0.1) is 15.5 Å². The molecular formula is C23H18I2N6O2S. The Morgan fingerprint density at radius 3 is 2.62 bits per heavy atom. The number of rotatable bonds is 7. The highest BCUT2D eigenvalue weighted by Gasteiger charge is 2.17. The van der Waals surface area contributed by atoms with Crippen molar-refractivity contribution in [1.29, 1.82) is 0 Å². The van der Waals surface area contributed by atoms with Gasteiger partial charge in [0, 0.05) is 32.8 Å². The highest BCUT2D eigenvalue weighted by atomic mass is 127. The lowest BCUT2D eigenvalue weighted by atomic mass is 10.2. The fourth-order valence-corrected chi connectivity index (χ4v) is 5.63. The van der Waals surface area contributed by atoms with Gasteiger partial charge in [-0.15, -0.1) is 10.2 Å². The first-order valence-corrected chi connectivity index (χ1v) is 13.1. The summed E-state index contributed by atoms with van der Waals surface area (Å²) in [6.07, 6.45) is 4.83. The lowest BCUT2D eigenvalue weighted by Gasteiger charge is -2.10. The lowest BCUT2D eigenvalue weighted by molar-refractivity contribution is -0.118. The second-order valence-corrected chi connectivity index (χ2v) is 10.5. The summed E-state index contributed by atoms with van der Waals surface area (Å²) in [6.45, 7) is 2.03. The molecule has 2 heterocycles. The number of amides is 1. The summed E-state index contributed by atoms with van der Waals surface area (Å²) in [5.74, 6) is 0.581. The highest BCUT2D eigenvalue weighted by molar-refractivity contribution is 14.1. The zero-order chi connectivity index (χ0) is 24.1. The number of thioether (sulfide) groups is 1. The van der Waals surface area contributed by atoms with Gasteiger partial charge in [0.2, 0.25) is 0 Å². The number of aromatic hydroxyl groups is 1. The molecule has 1 amide bonds. The second kappa shape index (κ2) is 11.3. The first-order chi connectivity index (χ1) is 16.4. The van der Waals surface area contributed by atoms with Gasteiger partial charge >= 0.3 is 0 Å². The van der Waals surface area contributed by atoms with Crippen LogP contribution in [-0.4, -0.2) is 42.7 Å². The van der Waals surface area contributed by atoms with Crippen LogP contribution in [0.5, 0.6) is 5.75 Å². The van der Waals surface area contributed by atoms with Gasteiger partial charge in [0.25, 0.3) is 5.91 Å². The summed E-state index contributed by atoms with van der Waals surface area (Å²) in [5.41, 5.74) is 5.94. The average molecular weight is 696 g/mol. The maximum atomic E-state index is 12.4. The van der Waals surface area contributed by atoms with Crippen LogP contribution in [0.25, 0.3) is 17.1 Å². The fraction of sp³-hybridized carbons (Fsp3) is 0.0870. The summed E-state index contributed by atoms with van der Waals surface area (Å²) in [4.78, 5) is 16.5. The number of carbonyl (C=O) groups excluding carboxylic acids is 1. The first kappa shape index (κ1) is 24.6. The number of phenols is 1. The van der Waals surface area contributed by atoms with Gasteiger partial charge < -0.3 is 5.11 Å². The van der Waals surface area contributed by atoms with Crippen LogP contribution < -0.4 is 5.43 Å². The van der Waals surface area contributed by atoms with Crippen molar-refractivity contribution in [1.82, 2.24) is 25.2 Å². The van der Waals surface area contributed by atoms with Crippen LogP contribution in [0.3, 0.4) is 0 Å². The van der Waals surface area contributed by atoms with Crippen LogP contribution in [0.4, 0.5) is 0 Å². The number of aromatic nitrogens is 4. The number of nitrogens with zero attached hydrogens (tertiary/aromatic N) is 5. The van der Waals surface area contributed by atoms with Crippen LogP contribution in [0.15, 0.2) is 71.2 Å². The van der Waals surface area contributed by atoms with Crippen molar-refractivity contribution in [2.24, 2.45) is 5.10 Å². The molecule has 4 rings (SSSR count). The van der Waals surface area contributed by atoms with E-state index in [1.54, 1.807) is 18.5 Å². The Labute approximate surface area is 227 Å². The van der Waals surface area contributed by atoms with E-state index in [1.807, 2.05) is 54.0 Å². The number of hydrogen-bond acceptors (Lipinski definition) is 7. The van der Waals surface area contributed by atoms with Gasteiger partial charge in [-0.05, 0) is 88.5 Å². The Morgan fingerprint density at radius 1 is 1.15 bits per heavy atom. The van der Waals surface area contributed by atoms with Gasteiger partial charge in [-0.3, -0.25) is 14.3 Å². The van der Waals surface area contributed by atoms with E-state index in [-0.39, 0.29) is 17.4 Å². The molecule has 8 nitrogen and oxygen atoms in total. The van der Waals surface area contributed by atoms with Gasteiger partial charge in [-0.2, -0.15) is 5.10 Å². The van der Waals surface area contributed by atoms with Crippen LogP contribution in [0.2, 0.25) is 0 Å². The van der Waals surface area contributed by atoms with Gasteiger partial charge in [0.1, 0.15) is 5.75 Å². The number of benzene rings is 2. The standard InChI is InChI=1S/C23H18I2N6O2S/c1-14-2-4-18(5-3-14)31-22(15-6-8-26-9-7-15)29-30-23(31)34-13-20(32)28-27-12-16-10-17(24)11-19(25)21(16)33/h2-12,33H,13H2,1H3,(H,28,32). The molecule has 0 spiro atoms. The average Bonchev–Trinajstić information content (AvgIpc) is 3.26. The van der Waals surface area contributed by atoms with E-state index in [9.17, 15) is 9.90 Å². The summed E-state index contributed by atoms with van der Waals surface area (Å²) >= 11 is 5.47. The molecule has 0 fully saturated rings. The maximum Gasteiger partial charge on any atom is 0.250 e. The molecule has 0 aliphatic rings. The van der Waals surface area contributed by atoms with E-state index < -0.39 is 0 Å². The number of carbonyl (C=O) groups is 1. The minimum absolute atomic E-state index is 0.0908. The van der Waals surface area contributed by atoms with Crippen molar-refractivity contribution in [2.75, 3.05) is 5.75 Å². The SMILES string of the molecule is Cc1ccc(-n2c(SCC(=O)NN=Cc3cc(I)cc(I)c3O)nnc2-c2ccncc2)cc1. The van der Waals surface area contributed by atoms with Crippen molar-refractivity contribution < 1.29 is 9.90 Å². The number of aryl methyl sites for hydroxylation is 1. The molecule has 0 bridgehead atoms. The number of phenolic OH excluding ortho intramolecular Hbond substituents is 1. The molecule has 4 aromatic rings. The van der Waals surface area contributed by atoms with E-state index in [0.29, 0.717) is 20.1 Å². The molecule has 172 valence electrons. The number of pyridine rings is 1. The Balaban J connectivity index is 1.50. The predicted octanol–water partition coefficient (Wildman–Crippen LogP) is 4.79. The molecule has 2 N–H and O–H groups in total. The molecule has 0 aliphatic heterocycles. The zero-order valence-corrected chi connectivity index (χ0v) is 22.9. The minimum atomic E-state index is -0.301. The molecule has 0 radical (unpaired) electrons. The fourth-order valence-electron chi connectivity index (χ4n) is 3.00. The minimum Gasteiger partial charge on any atom is -0.506 e. The van der Waals surface area contributed by atoms with Crippen LogP contribution >= 0.6 is 56.9 Å². The van der Waals surface area contributed by atoms with Crippen LogP contribution in [0, 0.1) is 14.1 Å². The summed E-state index contributed by atoms with van der Waals surface area (Å²) in [6, 6.07) is 15.4. The molecular weight excluding hydrogens is 678 g/mol. The summed E-state index contributed by atoms with van der Waals surface area (Å²) in [5, 5.41) is 23.4. The number of nitrogens with one attached hydrogen (secondary N) is 1. The quantitative estimate of drug-likeness (QED) is 0.125. The van der Waals surface area contributed by atoms with Crippen molar-refractivity contribution >= 4 is 69.1 Å². The van der Waals surface area contributed by atoms with Crippen LogP contribution in [0.1, 0.15) is 11.1 Å². The van der Waals surface area contributed by atoms with E-state index in [1.165, 1.54) is 18.0 Å². The third-order valence-corrected chi connectivity index (χ3v) is 7.02. The molecule has 0 atom stereocenters. The Bertz CT molecular complexity index is 1340. The highest BCUT2D eigenvalue weighted by Crippen LogP contribution is 2.28. The summed E-state index contributed by atoms with van der Waals surface area (Å²) < 4.78 is 3.60. The smallest absolute Gasteiger partial charge is 0.250 e. The molecule has 0 saturated heterocycles. The van der Waals surface area contributed by atoms with Crippen molar-refractivity contribution in [3.05, 3.63) is 79.2 Å². The Kier molecular flexibility index (Phi) is 8.15. The topological polar surface area (TPSA) is 105 Å². The Morgan fingerprint density at radius 2 is 1.88 bits per heavy atom. The van der Waals surface area contributed by atoms with Gasteiger partial charge in [0.15, 0.2) is 11.0 Å². The third-order valence-electron chi connectivity index (χ3n) is 4.65. The largest absolute Gasteiger partial charge is 0.506 e. The van der Waals surface area contributed by atoms with Crippen molar-refractivity contribution in [2.45, 2.75) is 12.1 Å². The number of hydrogen-bond donors (Lipinski definition) is 2.